The lowest BCUT2D eigenvalue weighted by molar-refractivity contribution is -0.136. The summed E-state index contributed by atoms with van der Waals surface area (Å²) < 4.78 is 0. The van der Waals surface area contributed by atoms with Crippen LogP contribution in [0.15, 0.2) is 48.5 Å². The Morgan fingerprint density at radius 2 is 1.62 bits per heavy atom. The van der Waals surface area contributed by atoms with Gasteiger partial charge in [-0.15, -0.1) is 0 Å². The Kier molecular flexibility index (Phi) is 7.09. The lowest BCUT2D eigenvalue weighted by Crippen LogP contribution is -2.36. The molecule has 6 heteroatoms. The van der Waals surface area contributed by atoms with Gasteiger partial charge in [-0.3, -0.25) is 9.59 Å². The minimum atomic E-state index is -0.762. The van der Waals surface area contributed by atoms with Crippen LogP contribution in [0, 0.1) is 0 Å². The number of amides is 2. The molecule has 126 valence electrons. The normalized spacial score (nSPS) is 10.2. The first-order valence-corrected chi connectivity index (χ1v) is 8.40. The van der Waals surface area contributed by atoms with Crippen molar-refractivity contribution in [3.05, 3.63) is 64.1 Å². The van der Waals surface area contributed by atoms with Gasteiger partial charge >= 0.3 is 11.8 Å². The molecule has 0 radical (unpaired) electrons. The smallest absolute Gasteiger partial charge is 0.313 e. The first-order chi connectivity index (χ1) is 11.6. The fraction of sp³-hybridized carbons (Fsp3) is 0.222. The van der Waals surface area contributed by atoms with Gasteiger partial charge in [-0.25, -0.2) is 0 Å². The maximum absolute atomic E-state index is 11.8. The van der Waals surface area contributed by atoms with Crippen LogP contribution in [0.1, 0.15) is 18.4 Å². The minimum Gasteiger partial charge on any atom is -0.348 e. The van der Waals surface area contributed by atoms with E-state index in [-0.39, 0.29) is 5.02 Å². The number of carbonyl (C=O) groups excluding carboxylic acids is 2. The highest BCUT2D eigenvalue weighted by Gasteiger charge is 2.15. The van der Waals surface area contributed by atoms with Crippen LogP contribution < -0.4 is 10.6 Å². The van der Waals surface area contributed by atoms with E-state index in [1.807, 2.05) is 18.2 Å². The van der Waals surface area contributed by atoms with E-state index in [9.17, 15) is 9.59 Å². The summed E-state index contributed by atoms with van der Waals surface area (Å²) in [6.07, 6.45) is 2.68. The Hall–Kier alpha value is -2.04. The van der Waals surface area contributed by atoms with Gasteiger partial charge in [0.15, 0.2) is 0 Å². The van der Waals surface area contributed by atoms with Crippen LogP contribution in [0.5, 0.6) is 0 Å². The van der Waals surface area contributed by atoms with Crippen LogP contribution in [0.3, 0.4) is 0 Å². The zero-order chi connectivity index (χ0) is 17.4. The fourth-order valence-corrected chi connectivity index (χ4v) is 2.51. The number of anilines is 1. The quantitative estimate of drug-likeness (QED) is 0.599. The minimum absolute atomic E-state index is 0.211. The molecule has 2 aromatic rings. The van der Waals surface area contributed by atoms with Crippen molar-refractivity contribution in [1.82, 2.24) is 5.32 Å². The Bertz CT molecular complexity index is 705. The number of rotatable bonds is 6. The summed E-state index contributed by atoms with van der Waals surface area (Å²) in [4.78, 5) is 23.6. The van der Waals surface area contributed by atoms with E-state index in [1.165, 1.54) is 5.56 Å². The lowest BCUT2D eigenvalue weighted by Gasteiger charge is -2.08. The molecule has 24 heavy (non-hydrogen) atoms. The summed E-state index contributed by atoms with van der Waals surface area (Å²) in [6.45, 7) is 0.447. The number of carbonyl (C=O) groups is 2. The number of hydrogen-bond donors (Lipinski definition) is 2. The molecule has 0 heterocycles. The second kappa shape index (κ2) is 9.30. The zero-order valence-corrected chi connectivity index (χ0v) is 14.5. The van der Waals surface area contributed by atoms with Gasteiger partial charge in [0, 0.05) is 6.54 Å². The predicted octanol–water partition coefficient (Wildman–Crippen LogP) is 4.07. The largest absolute Gasteiger partial charge is 0.348 e. The summed E-state index contributed by atoms with van der Waals surface area (Å²) in [6, 6.07) is 15.0. The molecule has 2 amide bonds. The number of halogens is 2. The Morgan fingerprint density at radius 1 is 0.875 bits per heavy atom. The van der Waals surface area contributed by atoms with E-state index in [2.05, 4.69) is 22.8 Å². The molecule has 0 aliphatic carbocycles. The number of unbranched alkanes of at least 4 members (excludes halogenated alkanes) is 1. The highest BCUT2D eigenvalue weighted by Crippen LogP contribution is 2.29. The van der Waals surface area contributed by atoms with Crippen molar-refractivity contribution in [1.29, 1.82) is 0 Å². The van der Waals surface area contributed by atoms with Crippen LogP contribution in [-0.4, -0.2) is 18.4 Å². The van der Waals surface area contributed by atoms with E-state index in [0.29, 0.717) is 17.3 Å². The second-order valence-electron chi connectivity index (χ2n) is 5.25. The van der Waals surface area contributed by atoms with Crippen molar-refractivity contribution >= 4 is 40.7 Å². The van der Waals surface area contributed by atoms with Crippen molar-refractivity contribution in [3.63, 3.8) is 0 Å². The molecule has 0 aliphatic rings. The summed E-state index contributed by atoms with van der Waals surface area (Å²) in [5.74, 6) is -1.45. The molecule has 0 aromatic heterocycles. The zero-order valence-electron chi connectivity index (χ0n) is 13.0. The maximum atomic E-state index is 11.8. The van der Waals surface area contributed by atoms with Crippen molar-refractivity contribution in [2.24, 2.45) is 0 Å². The SMILES string of the molecule is O=C(NCCCCc1ccccc1)C(=O)Nc1cccc(Cl)c1Cl. The van der Waals surface area contributed by atoms with Crippen molar-refractivity contribution in [2.45, 2.75) is 19.3 Å². The third-order valence-corrected chi connectivity index (χ3v) is 4.25. The van der Waals surface area contributed by atoms with E-state index in [4.69, 9.17) is 23.2 Å². The number of nitrogens with one attached hydrogen (secondary N) is 2. The van der Waals surface area contributed by atoms with E-state index in [0.717, 1.165) is 19.3 Å². The summed E-state index contributed by atoms with van der Waals surface area (Å²) >= 11 is 11.8. The third kappa shape index (κ3) is 5.55. The second-order valence-corrected chi connectivity index (χ2v) is 6.04. The van der Waals surface area contributed by atoms with E-state index in [1.54, 1.807) is 18.2 Å². The van der Waals surface area contributed by atoms with Crippen LogP contribution >= 0.6 is 23.2 Å². The van der Waals surface area contributed by atoms with Crippen LogP contribution in [0.2, 0.25) is 10.0 Å². The van der Waals surface area contributed by atoms with E-state index >= 15 is 0 Å². The molecule has 0 spiro atoms. The Labute approximate surface area is 151 Å². The van der Waals surface area contributed by atoms with Gasteiger partial charge in [-0.1, -0.05) is 59.6 Å². The first kappa shape index (κ1) is 18.3. The Morgan fingerprint density at radius 3 is 2.38 bits per heavy atom. The average Bonchev–Trinajstić information content (AvgIpc) is 2.59. The van der Waals surface area contributed by atoms with Crippen LogP contribution in [0.25, 0.3) is 0 Å². The number of hydrogen-bond acceptors (Lipinski definition) is 2. The molecular formula is C18H18Cl2N2O2. The van der Waals surface area contributed by atoms with Gasteiger partial charge in [-0.2, -0.15) is 0 Å². The van der Waals surface area contributed by atoms with Crippen molar-refractivity contribution in [2.75, 3.05) is 11.9 Å². The molecule has 0 aliphatic heterocycles. The molecule has 0 bridgehead atoms. The molecular weight excluding hydrogens is 347 g/mol. The predicted molar refractivity (Wildman–Crippen MR) is 97.5 cm³/mol. The Balaban J connectivity index is 1.70. The molecule has 2 aromatic carbocycles. The molecule has 0 saturated carbocycles. The first-order valence-electron chi connectivity index (χ1n) is 7.65. The fourth-order valence-electron chi connectivity index (χ4n) is 2.16. The van der Waals surface area contributed by atoms with Gasteiger partial charge in [0.1, 0.15) is 0 Å². The highest BCUT2D eigenvalue weighted by molar-refractivity contribution is 6.45. The lowest BCUT2D eigenvalue weighted by atomic mass is 10.1. The van der Waals surface area contributed by atoms with Crippen LogP contribution in [-0.2, 0) is 16.0 Å². The molecule has 0 fully saturated rings. The molecule has 4 nitrogen and oxygen atoms in total. The summed E-state index contributed by atoms with van der Waals surface area (Å²) in [5, 5.41) is 5.57. The molecule has 2 N–H and O–H groups in total. The monoisotopic (exact) mass is 364 g/mol. The maximum Gasteiger partial charge on any atom is 0.313 e. The molecule has 0 atom stereocenters. The van der Waals surface area contributed by atoms with Gasteiger partial charge < -0.3 is 10.6 Å². The van der Waals surface area contributed by atoms with E-state index < -0.39 is 11.8 Å². The molecule has 0 saturated heterocycles. The topological polar surface area (TPSA) is 58.2 Å². The molecule has 0 unspecified atom stereocenters. The van der Waals surface area contributed by atoms with Crippen molar-refractivity contribution in [3.8, 4) is 0 Å². The van der Waals surface area contributed by atoms with Crippen molar-refractivity contribution < 1.29 is 9.59 Å². The molecule has 2 rings (SSSR count). The number of benzene rings is 2. The van der Waals surface area contributed by atoms with Crippen LogP contribution in [0.4, 0.5) is 5.69 Å². The van der Waals surface area contributed by atoms with Gasteiger partial charge in [0.05, 0.1) is 15.7 Å². The average molecular weight is 365 g/mol. The van der Waals surface area contributed by atoms with Gasteiger partial charge in [-0.05, 0) is 37.0 Å². The number of aryl methyl sites for hydroxylation is 1. The highest BCUT2D eigenvalue weighted by atomic mass is 35.5. The third-order valence-electron chi connectivity index (χ3n) is 3.43. The van der Waals surface area contributed by atoms with Gasteiger partial charge in [0.25, 0.3) is 0 Å². The van der Waals surface area contributed by atoms with Gasteiger partial charge in [0.2, 0.25) is 0 Å². The summed E-state index contributed by atoms with van der Waals surface area (Å²) in [7, 11) is 0. The standard InChI is InChI=1S/C18H18Cl2N2O2/c19-14-10-6-11-15(16(14)20)22-18(24)17(23)21-12-5-4-9-13-7-2-1-3-8-13/h1-3,6-8,10-11H,4-5,9,12H2,(H,21,23)(H,22,24). The summed E-state index contributed by atoms with van der Waals surface area (Å²) in [5.41, 5.74) is 1.57.